The quantitative estimate of drug-likeness (QED) is 0.734. The van der Waals surface area contributed by atoms with Gasteiger partial charge in [0.05, 0.1) is 0 Å². The summed E-state index contributed by atoms with van der Waals surface area (Å²) in [5.41, 5.74) is 0. The van der Waals surface area contributed by atoms with Crippen LogP contribution < -0.4 is 0 Å². The van der Waals surface area contributed by atoms with Gasteiger partial charge in [0.15, 0.2) is 0 Å². The lowest BCUT2D eigenvalue weighted by Gasteiger charge is -2.07. The Bertz CT molecular complexity index is 280. The predicted molar refractivity (Wildman–Crippen MR) is 44.4 cm³/mol. The summed E-state index contributed by atoms with van der Waals surface area (Å²) in [7, 11) is 0. The number of carboxylic acid groups (broad SMARTS) is 1. The first-order valence-corrected chi connectivity index (χ1v) is 3.93. The molecule has 0 bridgehead atoms. The van der Waals surface area contributed by atoms with E-state index in [1.165, 1.54) is 12.4 Å². The Morgan fingerprint density at radius 2 is 2.50 bits per heavy atom. The molecular weight excluding hydrogens is 156 g/mol. The third-order valence-electron chi connectivity index (χ3n) is 1.93. The SMILES string of the molecule is CCC(C)c1nccn1C(=O)O. The highest BCUT2D eigenvalue weighted by atomic mass is 16.4. The molecule has 0 aliphatic rings. The number of aromatic nitrogens is 2. The lowest BCUT2D eigenvalue weighted by molar-refractivity contribution is 0.195. The van der Waals surface area contributed by atoms with Crippen molar-refractivity contribution in [1.82, 2.24) is 9.55 Å². The normalized spacial score (nSPS) is 12.8. The molecule has 0 fully saturated rings. The van der Waals surface area contributed by atoms with E-state index in [0.717, 1.165) is 11.0 Å². The van der Waals surface area contributed by atoms with Crippen LogP contribution >= 0.6 is 0 Å². The van der Waals surface area contributed by atoms with E-state index in [1.54, 1.807) is 0 Å². The van der Waals surface area contributed by atoms with Crippen LogP contribution in [-0.2, 0) is 0 Å². The molecule has 0 aliphatic heterocycles. The molecule has 1 heterocycles. The zero-order valence-electron chi connectivity index (χ0n) is 7.19. The summed E-state index contributed by atoms with van der Waals surface area (Å²) in [6.45, 7) is 3.97. The van der Waals surface area contributed by atoms with Gasteiger partial charge in [0.25, 0.3) is 0 Å². The van der Waals surface area contributed by atoms with Crippen molar-refractivity contribution in [2.45, 2.75) is 26.2 Å². The van der Waals surface area contributed by atoms with Gasteiger partial charge in [-0.3, -0.25) is 0 Å². The van der Waals surface area contributed by atoms with Gasteiger partial charge in [0.1, 0.15) is 5.82 Å². The Kier molecular flexibility index (Phi) is 2.47. The lowest BCUT2D eigenvalue weighted by Crippen LogP contribution is -2.12. The molecule has 0 saturated carbocycles. The van der Waals surface area contributed by atoms with Crippen LogP contribution in [0.2, 0.25) is 0 Å². The average molecular weight is 168 g/mol. The van der Waals surface area contributed by atoms with E-state index < -0.39 is 6.09 Å². The number of nitrogens with zero attached hydrogens (tertiary/aromatic N) is 2. The molecule has 1 aromatic rings. The van der Waals surface area contributed by atoms with Crippen molar-refractivity contribution in [3.05, 3.63) is 18.2 Å². The summed E-state index contributed by atoms with van der Waals surface area (Å²) in [6.07, 6.45) is 2.90. The van der Waals surface area contributed by atoms with Crippen LogP contribution in [0, 0.1) is 0 Å². The maximum Gasteiger partial charge on any atom is 0.417 e. The number of hydrogen-bond donors (Lipinski definition) is 1. The van der Waals surface area contributed by atoms with Gasteiger partial charge in [-0.15, -0.1) is 0 Å². The molecule has 4 nitrogen and oxygen atoms in total. The molecule has 1 unspecified atom stereocenters. The summed E-state index contributed by atoms with van der Waals surface area (Å²) in [6, 6.07) is 0. The maximum absolute atomic E-state index is 10.6. The number of rotatable bonds is 2. The summed E-state index contributed by atoms with van der Waals surface area (Å²) in [5, 5.41) is 8.72. The Morgan fingerprint density at radius 3 is 3.00 bits per heavy atom. The molecule has 0 spiro atoms. The fourth-order valence-corrected chi connectivity index (χ4v) is 1.02. The van der Waals surface area contributed by atoms with Crippen LogP contribution in [0.5, 0.6) is 0 Å². The van der Waals surface area contributed by atoms with Gasteiger partial charge < -0.3 is 5.11 Å². The first kappa shape index (κ1) is 8.77. The van der Waals surface area contributed by atoms with Gasteiger partial charge in [0, 0.05) is 18.3 Å². The van der Waals surface area contributed by atoms with Crippen LogP contribution in [0.25, 0.3) is 0 Å². The van der Waals surface area contributed by atoms with E-state index in [1.807, 2.05) is 13.8 Å². The molecule has 1 atom stereocenters. The van der Waals surface area contributed by atoms with Gasteiger partial charge in [-0.05, 0) is 6.42 Å². The van der Waals surface area contributed by atoms with Crippen molar-refractivity contribution in [3.8, 4) is 0 Å². The number of hydrogen-bond acceptors (Lipinski definition) is 2. The molecule has 1 rings (SSSR count). The van der Waals surface area contributed by atoms with Gasteiger partial charge >= 0.3 is 6.09 Å². The molecule has 0 radical (unpaired) electrons. The van der Waals surface area contributed by atoms with Gasteiger partial charge in [-0.1, -0.05) is 13.8 Å². The van der Waals surface area contributed by atoms with Crippen LogP contribution in [0.15, 0.2) is 12.4 Å². The van der Waals surface area contributed by atoms with Crippen molar-refractivity contribution >= 4 is 6.09 Å². The van der Waals surface area contributed by atoms with Crippen LogP contribution in [0.3, 0.4) is 0 Å². The van der Waals surface area contributed by atoms with Gasteiger partial charge in [-0.2, -0.15) is 0 Å². The Morgan fingerprint density at radius 1 is 1.83 bits per heavy atom. The second-order valence-corrected chi connectivity index (χ2v) is 2.75. The summed E-state index contributed by atoms with van der Waals surface area (Å²) in [4.78, 5) is 14.6. The molecule has 4 heteroatoms. The Balaban J connectivity index is 2.98. The minimum atomic E-state index is -0.970. The van der Waals surface area contributed by atoms with Crippen LogP contribution in [0.4, 0.5) is 4.79 Å². The Hall–Kier alpha value is -1.32. The standard InChI is InChI=1S/C8H12N2O2/c1-3-6(2)7-9-4-5-10(7)8(11)12/h4-6H,3H2,1-2H3,(H,11,12). The molecule has 0 amide bonds. The van der Waals surface area contributed by atoms with E-state index in [0.29, 0.717) is 5.82 Å². The average Bonchev–Trinajstić information content (AvgIpc) is 2.50. The molecule has 0 aliphatic carbocycles. The third-order valence-corrected chi connectivity index (χ3v) is 1.93. The fourth-order valence-electron chi connectivity index (χ4n) is 1.02. The van der Waals surface area contributed by atoms with Crippen molar-refractivity contribution in [1.29, 1.82) is 0 Å². The van der Waals surface area contributed by atoms with Crippen LogP contribution in [0.1, 0.15) is 32.0 Å². The van der Waals surface area contributed by atoms with Crippen molar-refractivity contribution in [2.24, 2.45) is 0 Å². The minimum absolute atomic E-state index is 0.191. The first-order valence-electron chi connectivity index (χ1n) is 3.93. The topological polar surface area (TPSA) is 55.1 Å². The minimum Gasteiger partial charge on any atom is -0.464 e. The largest absolute Gasteiger partial charge is 0.464 e. The molecule has 66 valence electrons. The summed E-state index contributed by atoms with van der Waals surface area (Å²) >= 11 is 0. The first-order chi connectivity index (χ1) is 5.66. The molecule has 1 aromatic heterocycles. The van der Waals surface area contributed by atoms with Crippen molar-refractivity contribution in [2.75, 3.05) is 0 Å². The highest BCUT2D eigenvalue weighted by molar-refractivity contribution is 5.68. The third kappa shape index (κ3) is 1.47. The molecule has 0 saturated heterocycles. The summed E-state index contributed by atoms with van der Waals surface area (Å²) in [5.74, 6) is 0.807. The van der Waals surface area contributed by atoms with Crippen LogP contribution in [-0.4, -0.2) is 20.8 Å². The molecule has 12 heavy (non-hydrogen) atoms. The monoisotopic (exact) mass is 168 g/mol. The van der Waals surface area contributed by atoms with Crippen molar-refractivity contribution < 1.29 is 9.90 Å². The van der Waals surface area contributed by atoms with E-state index in [2.05, 4.69) is 4.98 Å². The second-order valence-electron chi connectivity index (χ2n) is 2.75. The second kappa shape index (κ2) is 3.38. The number of imidazole rings is 1. The predicted octanol–water partition coefficient (Wildman–Crippen LogP) is 1.92. The Labute approximate surface area is 70.9 Å². The fraction of sp³-hybridized carbons (Fsp3) is 0.500. The van der Waals surface area contributed by atoms with Gasteiger partial charge in [-0.25, -0.2) is 14.3 Å². The zero-order valence-corrected chi connectivity index (χ0v) is 7.19. The summed E-state index contributed by atoms with van der Waals surface area (Å²) < 4.78 is 1.16. The molecule has 1 N–H and O–H groups in total. The smallest absolute Gasteiger partial charge is 0.417 e. The van der Waals surface area contributed by atoms with E-state index >= 15 is 0 Å². The van der Waals surface area contributed by atoms with Gasteiger partial charge in [0.2, 0.25) is 0 Å². The van der Waals surface area contributed by atoms with Crippen molar-refractivity contribution in [3.63, 3.8) is 0 Å². The lowest BCUT2D eigenvalue weighted by atomic mass is 10.1. The highest BCUT2D eigenvalue weighted by Crippen LogP contribution is 2.15. The maximum atomic E-state index is 10.6. The number of carbonyl (C=O) groups is 1. The highest BCUT2D eigenvalue weighted by Gasteiger charge is 2.13. The molecular formula is C8H12N2O2. The van der Waals surface area contributed by atoms with E-state index in [9.17, 15) is 4.79 Å². The van der Waals surface area contributed by atoms with E-state index in [4.69, 9.17) is 5.11 Å². The molecule has 0 aromatic carbocycles. The zero-order chi connectivity index (χ0) is 9.14. The van der Waals surface area contributed by atoms with E-state index in [-0.39, 0.29) is 5.92 Å².